The van der Waals surface area contributed by atoms with Gasteiger partial charge in [0.25, 0.3) is 0 Å². The van der Waals surface area contributed by atoms with Crippen LogP contribution in [0, 0.1) is 9.39 Å². The number of nitrogens with two attached hydrogens (primary N) is 1. The second kappa shape index (κ2) is 6.71. The molecule has 0 aliphatic rings. The Morgan fingerprint density at radius 3 is 2.60 bits per heavy atom. The summed E-state index contributed by atoms with van der Waals surface area (Å²) in [6.45, 7) is 0. The van der Waals surface area contributed by atoms with Crippen molar-refractivity contribution in [1.29, 1.82) is 0 Å². The number of ether oxygens (including phenoxy) is 1. The van der Waals surface area contributed by atoms with Crippen molar-refractivity contribution in [3.8, 4) is 5.75 Å². The van der Waals surface area contributed by atoms with E-state index in [0.29, 0.717) is 10.8 Å². The van der Waals surface area contributed by atoms with Crippen molar-refractivity contribution in [1.82, 2.24) is 5.43 Å². The minimum Gasteiger partial charge on any atom is -0.496 e. The summed E-state index contributed by atoms with van der Waals surface area (Å²) in [5.41, 5.74) is 4.39. The molecule has 0 amide bonds. The Morgan fingerprint density at radius 2 is 2.00 bits per heavy atom. The van der Waals surface area contributed by atoms with Gasteiger partial charge >= 0.3 is 0 Å². The Kier molecular flexibility index (Phi) is 5.20. The lowest BCUT2D eigenvalue weighted by molar-refractivity contribution is 0.404. The highest BCUT2D eigenvalue weighted by atomic mass is 127. The van der Waals surface area contributed by atoms with Gasteiger partial charge in [0.1, 0.15) is 11.6 Å². The molecule has 2 aromatic rings. The average Bonchev–Trinajstić information content (AvgIpc) is 2.42. The van der Waals surface area contributed by atoms with Gasteiger partial charge in [-0.25, -0.2) is 9.82 Å². The minimum absolute atomic E-state index is 0.285. The van der Waals surface area contributed by atoms with E-state index in [4.69, 9.17) is 22.2 Å². The van der Waals surface area contributed by atoms with Crippen LogP contribution in [0.15, 0.2) is 36.4 Å². The summed E-state index contributed by atoms with van der Waals surface area (Å²) in [5.74, 6) is 6.05. The number of benzene rings is 2. The Morgan fingerprint density at radius 1 is 1.25 bits per heavy atom. The number of hydrogen-bond donors (Lipinski definition) is 2. The predicted molar refractivity (Wildman–Crippen MR) is 86.3 cm³/mol. The first-order chi connectivity index (χ1) is 9.56. The van der Waals surface area contributed by atoms with Crippen molar-refractivity contribution < 1.29 is 9.13 Å². The Balaban J connectivity index is 2.54. The first kappa shape index (κ1) is 15.5. The molecule has 0 saturated carbocycles. The molecule has 106 valence electrons. The summed E-state index contributed by atoms with van der Waals surface area (Å²) in [6, 6.07) is 9.52. The molecule has 0 saturated heterocycles. The molecule has 6 heteroatoms. The van der Waals surface area contributed by atoms with Crippen LogP contribution in [0.1, 0.15) is 17.2 Å². The van der Waals surface area contributed by atoms with Crippen LogP contribution in [0.25, 0.3) is 0 Å². The van der Waals surface area contributed by atoms with E-state index in [1.165, 1.54) is 12.1 Å². The van der Waals surface area contributed by atoms with Gasteiger partial charge in [-0.15, -0.1) is 0 Å². The van der Waals surface area contributed by atoms with Crippen LogP contribution in [0.4, 0.5) is 4.39 Å². The molecule has 1 atom stereocenters. The van der Waals surface area contributed by atoms with Crippen LogP contribution in [0.3, 0.4) is 0 Å². The molecule has 0 aliphatic heterocycles. The fourth-order valence-corrected chi connectivity index (χ4v) is 2.98. The molecule has 20 heavy (non-hydrogen) atoms. The van der Waals surface area contributed by atoms with Crippen molar-refractivity contribution in [3.05, 3.63) is 61.9 Å². The van der Waals surface area contributed by atoms with E-state index in [-0.39, 0.29) is 11.9 Å². The molecular formula is C14H13ClFIN2O. The van der Waals surface area contributed by atoms with Crippen LogP contribution in [0.5, 0.6) is 5.75 Å². The molecule has 3 N–H and O–H groups in total. The maximum Gasteiger partial charge on any atom is 0.124 e. The lowest BCUT2D eigenvalue weighted by Crippen LogP contribution is -2.29. The lowest BCUT2D eigenvalue weighted by Gasteiger charge is -2.21. The summed E-state index contributed by atoms with van der Waals surface area (Å²) in [5, 5.41) is 0.582. The molecule has 2 rings (SSSR count). The highest BCUT2D eigenvalue weighted by Gasteiger charge is 2.20. The number of rotatable bonds is 4. The zero-order valence-electron chi connectivity index (χ0n) is 10.7. The number of methoxy groups -OCH3 is 1. The number of hydrogen-bond acceptors (Lipinski definition) is 3. The molecule has 2 aromatic carbocycles. The van der Waals surface area contributed by atoms with E-state index in [9.17, 15) is 4.39 Å². The third kappa shape index (κ3) is 3.22. The lowest BCUT2D eigenvalue weighted by atomic mass is 9.98. The Hall–Kier alpha value is -0.890. The fourth-order valence-electron chi connectivity index (χ4n) is 2.01. The minimum atomic E-state index is -0.337. The summed E-state index contributed by atoms with van der Waals surface area (Å²) < 4.78 is 19.3. The van der Waals surface area contributed by atoms with Gasteiger partial charge < -0.3 is 4.74 Å². The van der Waals surface area contributed by atoms with E-state index >= 15 is 0 Å². The molecule has 0 aliphatic carbocycles. The normalized spacial score (nSPS) is 12.2. The van der Waals surface area contributed by atoms with Gasteiger partial charge in [0.15, 0.2) is 0 Å². The average molecular weight is 407 g/mol. The van der Waals surface area contributed by atoms with Gasteiger partial charge in [-0.05, 0) is 58.5 Å². The summed E-state index contributed by atoms with van der Waals surface area (Å²) in [4.78, 5) is 0. The molecule has 0 radical (unpaired) electrons. The van der Waals surface area contributed by atoms with Crippen LogP contribution in [-0.2, 0) is 0 Å². The fraction of sp³-hybridized carbons (Fsp3) is 0.143. The van der Waals surface area contributed by atoms with Crippen LogP contribution < -0.4 is 16.0 Å². The maximum atomic E-state index is 13.2. The smallest absolute Gasteiger partial charge is 0.124 e. The Bertz CT molecular complexity index is 624. The van der Waals surface area contributed by atoms with Gasteiger partial charge in [-0.1, -0.05) is 17.7 Å². The van der Waals surface area contributed by atoms with Gasteiger partial charge in [0.05, 0.1) is 13.2 Å². The van der Waals surface area contributed by atoms with E-state index in [2.05, 4.69) is 28.0 Å². The van der Waals surface area contributed by atoms with Crippen LogP contribution in [0.2, 0.25) is 5.02 Å². The van der Waals surface area contributed by atoms with E-state index in [1.54, 1.807) is 31.4 Å². The maximum absolute atomic E-state index is 13.2. The van der Waals surface area contributed by atoms with Crippen molar-refractivity contribution in [2.24, 2.45) is 5.84 Å². The van der Waals surface area contributed by atoms with Crippen LogP contribution in [-0.4, -0.2) is 7.11 Å². The molecule has 3 nitrogen and oxygen atoms in total. The van der Waals surface area contributed by atoms with Crippen molar-refractivity contribution >= 4 is 34.2 Å². The van der Waals surface area contributed by atoms with E-state index < -0.39 is 0 Å². The molecule has 0 aromatic heterocycles. The third-order valence-corrected chi connectivity index (χ3v) is 4.11. The first-order valence-corrected chi connectivity index (χ1v) is 7.27. The van der Waals surface area contributed by atoms with Gasteiger partial charge in [-0.3, -0.25) is 5.84 Å². The predicted octanol–water partition coefficient (Wildman–Crippen LogP) is 3.65. The van der Waals surface area contributed by atoms with E-state index in [0.717, 1.165) is 14.7 Å². The van der Waals surface area contributed by atoms with E-state index in [1.807, 2.05) is 0 Å². The molecule has 0 fully saturated rings. The monoisotopic (exact) mass is 406 g/mol. The number of nitrogens with one attached hydrogen (secondary N) is 1. The zero-order chi connectivity index (χ0) is 14.7. The largest absolute Gasteiger partial charge is 0.496 e. The topological polar surface area (TPSA) is 47.3 Å². The standard InChI is InChI=1S/C14H13ClFIN2O/c1-20-13-5-2-8(15)6-11(13)14(19-18)10-4-3-9(16)7-12(10)17/h2-7,14,19H,18H2,1H3. The summed E-state index contributed by atoms with van der Waals surface area (Å²) >= 11 is 8.12. The SMILES string of the molecule is COc1ccc(Cl)cc1C(NN)c1ccc(F)cc1I. The molecule has 0 spiro atoms. The summed E-state index contributed by atoms with van der Waals surface area (Å²) in [6.07, 6.45) is 0. The van der Waals surface area contributed by atoms with Gasteiger partial charge in [0, 0.05) is 14.2 Å². The van der Waals surface area contributed by atoms with Crippen molar-refractivity contribution in [3.63, 3.8) is 0 Å². The van der Waals surface area contributed by atoms with Crippen molar-refractivity contribution in [2.45, 2.75) is 6.04 Å². The van der Waals surface area contributed by atoms with Gasteiger partial charge in [-0.2, -0.15) is 0 Å². The van der Waals surface area contributed by atoms with Crippen molar-refractivity contribution in [2.75, 3.05) is 7.11 Å². The molecular weight excluding hydrogens is 394 g/mol. The first-order valence-electron chi connectivity index (χ1n) is 5.81. The highest BCUT2D eigenvalue weighted by molar-refractivity contribution is 14.1. The summed E-state index contributed by atoms with van der Waals surface area (Å²) in [7, 11) is 1.58. The second-order valence-electron chi connectivity index (χ2n) is 4.15. The molecule has 1 unspecified atom stereocenters. The molecule has 0 heterocycles. The Labute approximate surface area is 135 Å². The number of halogens is 3. The quantitative estimate of drug-likeness (QED) is 0.463. The third-order valence-electron chi connectivity index (χ3n) is 2.94. The number of hydrazine groups is 1. The van der Waals surface area contributed by atoms with Crippen LogP contribution >= 0.6 is 34.2 Å². The second-order valence-corrected chi connectivity index (χ2v) is 5.75. The van der Waals surface area contributed by atoms with Gasteiger partial charge in [0.2, 0.25) is 0 Å². The zero-order valence-corrected chi connectivity index (χ0v) is 13.6. The molecule has 0 bridgehead atoms. The highest BCUT2D eigenvalue weighted by Crippen LogP contribution is 2.33.